The highest BCUT2D eigenvalue weighted by atomic mass is 32.1. The number of hydrogen-bond acceptors (Lipinski definition) is 4. The third-order valence-corrected chi connectivity index (χ3v) is 3.12. The van der Waals surface area contributed by atoms with E-state index in [0.29, 0.717) is 16.2 Å². The van der Waals surface area contributed by atoms with Crippen molar-refractivity contribution in [1.82, 2.24) is 0 Å². The first-order chi connectivity index (χ1) is 10.5. The van der Waals surface area contributed by atoms with Gasteiger partial charge < -0.3 is 9.47 Å². The number of carbonyl (C=O) groups is 1. The van der Waals surface area contributed by atoms with Gasteiger partial charge in [0.05, 0.1) is 0 Å². The molecule has 1 aromatic carbocycles. The summed E-state index contributed by atoms with van der Waals surface area (Å²) < 4.78 is 24.5. The van der Waals surface area contributed by atoms with E-state index < -0.39 is 5.82 Å². The van der Waals surface area contributed by atoms with Gasteiger partial charge in [-0.05, 0) is 37.6 Å². The number of halogens is 1. The second-order valence-corrected chi connectivity index (χ2v) is 5.04. The summed E-state index contributed by atoms with van der Waals surface area (Å²) in [4.78, 5) is 12.0. The summed E-state index contributed by atoms with van der Waals surface area (Å²) in [5.74, 6) is -0.214. The van der Waals surface area contributed by atoms with Gasteiger partial charge in [0.2, 0.25) is 0 Å². The zero-order chi connectivity index (χ0) is 16.5. The van der Waals surface area contributed by atoms with Crippen LogP contribution in [0, 0.1) is 5.82 Å². The van der Waals surface area contributed by atoms with Crippen molar-refractivity contribution in [2.75, 3.05) is 6.61 Å². The maximum atomic E-state index is 13.7. The van der Waals surface area contributed by atoms with Crippen molar-refractivity contribution in [3.05, 3.63) is 47.5 Å². The number of allylic oxidation sites excluding steroid dienone is 2. The topological polar surface area (TPSA) is 35.5 Å². The maximum absolute atomic E-state index is 13.7. The van der Waals surface area contributed by atoms with Crippen LogP contribution in [-0.2, 0) is 9.53 Å². The Kier molecular flexibility index (Phi) is 7.74. The Morgan fingerprint density at radius 3 is 2.64 bits per heavy atom. The van der Waals surface area contributed by atoms with Crippen LogP contribution in [0.4, 0.5) is 4.39 Å². The van der Waals surface area contributed by atoms with E-state index in [1.54, 1.807) is 26.0 Å². The molecule has 0 aliphatic carbocycles. The Bertz CT molecular complexity index is 579. The van der Waals surface area contributed by atoms with Gasteiger partial charge in [-0.15, -0.1) is 12.6 Å². The van der Waals surface area contributed by atoms with Crippen molar-refractivity contribution in [1.29, 1.82) is 0 Å². The number of ether oxygens (including phenoxy) is 2. The molecule has 120 valence electrons. The SMILES string of the molecule is C/C=C(OC(=O)CC)\C(=C/CC)COc1ccc(S)cc1F. The van der Waals surface area contributed by atoms with E-state index in [9.17, 15) is 9.18 Å². The van der Waals surface area contributed by atoms with Gasteiger partial charge in [-0.2, -0.15) is 0 Å². The number of thiol groups is 1. The molecule has 0 fully saturated rings. The number of esters is 1. The van der Waals surface area contributed by atoms with Crippen molar-refractivity contribution >= 4 is 18.6 Å². The van der Waals surface area contributed by atoms with Crippen molar-refractivity contribution in [3.63, 3.8) is 0 Å². The fourth-order valence-electron chi connectivity index (χ4n) is 1.74. The average molecular weight is 324 g/mol. The summed E-state index contributed by atoms with van der Waals surface area (Å²) in [7, 11) is 0. The van der Waals surface area contributed by atoms with Gasteiger partial charge in [-0.3, -0.25) is 4.79 Å². The minimum atomic E-state index is -0.476. The quantitative estimate of drug-likeness (QED) is 0.342. The van der Waals surface area contributed by atoms with Gasteiger partial charge >= 0.3 is 5.97 Å². The molecule has 0 amide bonds. The third kappa shape index (κ3) is 5.56. The number of rotatable bonds is 7. The van der Waals surface area contributed by atoms with Crippen LogP contribution in [-0.4, -0.2) is 12.6 Å². The van der Waals surface area contributed by atoms with Crippen molar-refractivity contribution in [3.8, 4) is 5.75 Å². The lowest BCUT2D eigenvalue weighted by atomic mass is 10.2. The smallest absolute Gasteiger partial charge is 0.310 e. The molecular weight excluding hydrogens is 303 g/mol. The molecule has 0 saturated heterocycles. The predicted octanol–water partition coefficient (Wildman–Crippen LogP) is 4.69. The van der Waals surface area contributed by atoms with Crippen LogP contribution in [0.25, 0.3) is 0 Å². The highest BCUT2D eigenvalue weighted by molar-refractivity contribution is 7.80. The molecular formula is C17H21FO3S. The molecule has 0 unspecified atom stereocenters. The number of benzene rings is 1. The Balaban J connectivity index is 2.84. The van der Waals surface area contributed by atoms with Crippen LogP contribution in [0.15, 0.2) is 46.6 Å². The average Bonchev–Trinajstić information content (AvgIpc) is 2.50. The normalized spacial score (nSPS) is 12.2. The summed E-state index contributed by atoms with van der Waals surface area (Å²) in [6.45, 7) is 5.58. The largest absolute Gasteiger partial charge is 0.486 e. The van der Waals surface area contributed by atoms with Crippen LogP contribution in [0.2, 0.25) is 0 Å². The van der Waals surface area contributed by atoms with E-state index in [1.165, 1.54) is 12.1 Å². The van der Waals surface area contributed by atoms with E-state index in [4.69, 9.17) is 9.47 Å². The molecule has 0 aromatic heterocycles. The van der Waals surface area contributed by atoms with Gasteiger partial charge in [-0.25, -0.2) is 4.39 Å². The molecule has 0 aliphatic heterocycles. The van der Waals surface area contributed by atoms with E-state index >= 15 is 0 Å². The van der Waals surface area contributed by atoms with Crippen LogP contribution in [0.5, 0.6) is 5.75 Å². The molecule has 0 spiro atoms. The van der Waals surface area contributed by atoms with Crippen molar-refractivity contribution < 1.29 is 18.7 Å². The van der Waals surface area contributed by atoms with Gasteiger partial charge in [0.25, 0.3) is 0 Å². The van der Waals surface area contributed by atoms with Gasteiger partial charge in [0.1, 0.15) is 12.4 Å². The molecule has 0 saturated carbocycles. The molecule has 5 heteroatoms. The monoisotopic (exact) mass is 324 g/mol. The highest BCUT2D eigenvalue weighted by Crippen LogP contribution is 2.22. The van der Waals surface area contributed by atoms with E-state index in [1.807, 2.05) is 13.0 Å². The molecule has 0 bridgehead atoms. The zero-order valence-corrected chi connectivity index (χ0v) is 14.0. The van der Waals surface area contributed by atoms with Crippen LogP contribution >= 0.6 is 12.6 Å². The van der Waals surface area contributed by atoms with E-state index in [2.05, 4.69) is 12.6 Å². The molecule has 0 atom stereocenters. The fourth-order valence-corrected chi connectivity index (χ4v) is 1.93. The van der Waals surface area contributed by atoms with Crippen molar-refractivity contribution in [2.45, 2.75) is 38.5 Å². The molecule has 1 aromatic rings. The third-order valence-electron chi connectivity index (χ3n) is 2.84. The Labute approximate surface area is 136 Å². The highest BCUT2D eigenvalue weighted by Gasteiger charge is 2.12. The Morgan fingerprint density at radius 1 is 1.36 bits per heavy atom. The lowest BCUT2D eigenvalue weighted by Gasteiger charge is -2.14. The molecule has 1 rings (SSSR count). The molecule has 0 N–H and O–H groups in total. The molecule has 22 heavy (non-hydrogen) atoms. The van der Waals surface area contributed by atoms with Crippen LogP contribution in [0.3, 0.4) is 0 Å². The second-order valence-electron chi connectivity index (χ2n) is 4.52. The Hall–Kier alpha value is -1.75. The maximum Gasteiger partial charge on any atom is 0.310 e. The molecule has 0 radical (unpaired) electrons. The summed E-state index contributed by atoms with van der Waals surface area (Å²) in [6.07, 6.45) is 4.63. The first kappa shape index (κ1) is 18.3. The fraction of sp³-hybridized carbons (Fsp3) is 0.353. The number of carbonyl (C=O) groups excluding carboxylic acids is 1. The van der Waals surface area contributed by atoms with Crippen LogP contribution < -0.4 is 4.74 Å². The summed E-state index contributed by atoms with van der Waals surface area (Å²) in [6, 6.07) is 4.46. The molecule has 0 heterocycles. The standard InChI is InChI=1S/C17H21FO3S/c1-4-7-12(15(5-2)21-17(19)6-3)11-20-16-9-8-13(22)10-14(16)18/h5,7-10,22H,4,6,11H2,1-3H3/b12-7-,15-5+. The van der Waals surface area contributed by atoms with E-state index in [0.717, 1.165) is 6.42 Å². The Morgan fingerprint density at radius 2 is 2.09 bits per heavy atom. The first-order valence-electron chi connectivity index (χ1n) is 7.19. The molecule has 3 nitrogen and oxygen atoms in total. The van der Waals surface area contributed by atoms with Gasteiger partial charge in [0.15, 0.2) is 11.6 Å². The van der Waals surface area contributed by atoms with Gasteiger partial charge in [0, 0.05) is 16.9 Å². The minimum Gasteiger partial charge on any atom is -0.486 e. The lowest BCUT2D eigenvalue weighted by Crippen LogP contribution is -2.10. The van der Waals surface area contributed by atoms with Crippen molar-refractivity contribution in [2.24, 2.45) is 0 Å². The summed E-state index contributed by atoms with van der Waals surface area (Å²) >= 11 is 4.07. The summed E-state index contributed by atoms with van der Waals surface area (Å²) in [5, 5.41) is 0. The molecule has 0 aliphatic rings. The van der Waals surface area contributed by atoms with E-state index in [-0.39, 0.29) is 24.7 Å². The second kappa shape index (κ2) is 9.30. The number of hydrogen-bond donors (Lipinski definition) is 1. The lowest BCUT2D eigenvalue weighted by molar-refractivity contribution is -0.138. The van der Waals surface area contributed by atoms with Crippen LogP contribution in [0.1, 0.15) is 33.6 Å². The first-order valence-corrected chi connectivity index (χ1v) is 7.64. The summed E-state index contributed by atoms with van der Waals surface area (Å²) in [5.41, 5.74) is 0.709. The van der Waals surface area contributed by atoms with Gasteiger partial charge in [-0.1, -0.05) is 19.9 Å². The minimum absolute atomic E-state index is 0.118. The zero-order valence-electron chi connectivity index (χ0n) is 13.1. The predicted molar refractivity (Wildman–Crippen MR) is 87.7 cm³/mol.